The largest absolute Gasteiger partial charge is 0.277 e. The van der Waals surface area contributed by atoms with Crippen LogP contribution < -0.4 is 0 Å². The minimum atomic E-state index is 0.982. The Morgan fingerprint density at radius 3 is 2.70 bits per heavy atom. The Bertz CT molecular complexity index is 754. The van der Waals surface area contributed by atoms with Gasteiger partial charge in [0, 0.05) is 23.3 Å². The molecule has 0 unspecified atom stereocenters. The van der Waals surface area contributed by atoms with Crippen molar-refractivity contribution in [3.05, 3.63) is 54.4 Å². The first kappa shape index (κ1) is 12.6. The average molecular weight is 263 g/mol. The molecular formula is C17H17N3. The Kier molecular flexibility index (Phi) is 3.33. The highest BCUT2D eigenvalue weighted by atomic mass is 15.1. The van der Waals surface area contributed by atoms with Crippen LogP contribution in [0.4, 0.5) is 0 Å². The smallest absolute Gasteiger partial charge is 0.100 e. The van der Waals surface area contributed by atoms with E-state index in [0.717, 1.165) is 28.6 Å². The molecule has 3 heteroatoms. The molecule has 0 amide bonds. The van der Waals surface area contributed by atoms with Crippen LogP contribution in [0.15, 0.2) is 48.8 Å². The third-order valence-corrected chi connectivity index (χ3v) is 3.62. The standard InChI is InChI=1S/C17H17N3/c1-3-12(4-2)14-5-6-16-15(11-14)17(20-19-16)13-7-9-18-10-8-13/h3,5-11H,4H2,1-2H3,(H,19,20). The zero-order chi connectivity index (χ0) is 13.9. The number of benzene rings is 1. The lowest BCUT2D eigenvalue weighted by molar-refractivity contribution is 1.12. The molecule has 0 aliphatic rings. The van der Waals surface area contributed by atoms with Gasteiger partial charge >= 0.3 is 0 Å². The third-order valence-electron chi connectivity index (χ3n) is 3.62. The lowest BCUT2D eigenvalue weighted by Crippen LogP contribution is -1.83. The van der Waals surface area contributed by atoms with Gasteiger partial charge < -0.3 is 0 Å². The topological polar surface area (TPSA) is 41.6 Å². The first-order valence-corrected chi connectivity index (χ1v) is 6.87. The van der Waals surface area contributed by atoms with Crippen LogP contribution in [0.2, 0.25) is 0 Å². The van der Waals surface area contributed by atoms with Gasteiger partial charge in [0.1, 0.15) is 5.69 Å². The molecule has 3 aromatic rings. The molecular weight excluding hydrogens is 246 g/mol. The summed E-state index contributed by atoms with van der Waals surface area (Å²) < 4.78 is 0. The summed E-state index contributed by atoms with van der Waals surface area (Å²) >= 11 is 0. The summed E-state index contributed by atoms with van der Waals surface area (Å²) in [6.07, 6.45) is 6.80. The number of H-pyrrole nitrogens is 1. The predicted octanol–water partition coefficient (Wildman–Crippen LogP) is 4.44. The lowest BCUT2D eigenvalue weighted by Gasteiger charge is -2.05. The second-order valence-electron chi connectivity index (χ2n) is 4.74. The molecule has 0 saturated carbocycles. The van der Waals surface area contributed by atoms with Crippen molar-refractivity contribution in [2.24, 2.45) is 0 Å². The van der Waals surface area contributed by atoms with Gasteiger partial charge in [-0.25, -0.2) is 0 Å². The molecule has 2 heterocycles. The van der Waals surface area contributed by atoms with Gasteiger partial charge in [-0.1, -0.05) is 19.1 Å². The van der Waals surface area contributed by atoms with Crippen LogP contribution in [0, 0.1) is 0 Å². The number of hydrogen-bond donors (Lipinski definition) is 1. The van der Waals surface area contributed by atoms with Crippen LogP contribution in [0.1, 0.15) is 25.8 Å². The number of aromatic nitrogens is 3. The molecule has 0 aliphatic carbocycles. The summed E-state index contributed by atoms with van der Waals surface area (Å²) in [5.41, 5.74) is 5.75. The fourth-order valence-electron chi connectivity index (χ4n) is 2.52. The summed E-state index contributed by atoms with van der Waals surface area (Å²) in [5.74, 6) is 0. The fraction of sp³-hybridized carbons (Fsp3) is 0.176. The average Bonchev–Trinajstić information content (AvgIpc) is 2.93. The van der Waals surface area contributed by atoms with Gasteiger partial charge in [0.15, 0.2) is 0 Å². The van der Waals surface area contributed by atoms with E-state index >= 15 is 0 Å². The van der Waals surface area contributed by atoms with Gasteiger partial charge in [-0.15, -0.1) is 0 Å². The quantitative estimate of drug-likeness (QED) is 0.759. The zero-order valence-corrected chi connectivity index (χ0v) is 11.7. The Morgan fingerprint density at radius 2 is 2.00 bits per heavy atom. The van der Waals surface area contributed by atoms with E-state index < -0.39 is 0 Å². The monoisotopic (exact) mass is 263 g/mol. The number of hydrogen-bond acceptors (Lipinski definition) is 2. The molecule has 100 valence electrons. The van der Waals surface area contributed by atoms with Crippen LogP contribution in [0.25, 0.3) is 27.7 Å². The van der Waals surface area contributed by atoms with E-state index in [0.29, 0.717) is 0 Å². The van der Waals surface area contributed by atoms with Crippen molar-refractivity contribution in [2.45, 2.75) is 20.3 Å². The molecule has 0 fully saturated rings. The van der Waals surface area contributed by atoms with Crippen molar-refractivity contribution in [1.82, 2.24) is 15.2 Å². The highest BCUT2D eigenvalue weighted by molar-refractivity contribution is 5.94. The molecule has 2 aromatic heterocycles. The number of allylic oxidation sites excluding steroid dienone is 2. The van der Waals surface area contributed by atoms with E-state index in [1.165, 1.54) is 11.1 Å². The normalized spacial score (nSPS) is 12.0. The van der Waals surface area contributed by atoms with E-state index in [2.05, 4.69) is 53.3 Å². The minimum absolute atomic E-state index is 0.982. The van der Waals surface area contributed by atoms with Crippen LogP contribution in [0.5, 0.6) is 0 Å². The number of nitrogens with one attached hydrogen (secondary N) is 1. The predicted molar refractivity (Wildman–Crippen MR) is 83.3 cm³/mol. The van der Waals surface area contributed by atoms with Gasteiger partial charge in [-0.3, -0.25) is 10.1 Å². The Hall–Kier alpha value is -2.42. The molecule has 0 spiro atoms. The first-order chi connectivity index (χ1) is 9.83. The van der Waals surface area contributed by atoms with E-state index in [1.54, 1.807) is 12.4 Å². The molecule has 0 atom stereocenters. The van der Waals surface area contributed by atoms with Crippen molar-refractivity contribution in [2.75, 3.05) is 0 Å². The third kappa shape index (κ3) is 2.11. The van der Waals surface area contributed by atoms with Gasteiger partial charge in [-0.05, 0) is 48.7 Å². The summed E-state index contributed by atoms with van der Waals surface area (Å²) in [4.78, 5) is 4.06. The van der Waals surface area contributed by atoms with Crippen LogP contribution in [-0.4, -0.2) is 15.2 Å². The van der Waals surface area contributed by atoms with Crippen molar-refractivity contribution in [3.8, 4) is 11.3 Å². The van der Waals surface area contributed by atoms with E-state index in [-0.39, 0.29) is 0 Å². The number of nitrogens with zero attached hydrogens (tertiary/aromatic N) is 2. The number of pyridine rings is 1. The summed E-state index contributed by atoms with van der Waals surface area (Å²) in [7, 11) is 0. The molecule has 20 heavy (non-hydrogen) atoms. The second-order valence-corrected chi connectivity index (χ2v) is 4.74. The fourth-order valence-corrected chi connectivity index (χ4v) is 2.52. The maximum absolute atomic E-state index is 4.45. The number of rotatable bonds is 3. The van der Waals surface area contributed by atoms with Crippen LogP contribution in [0.3, 0.4) is 0 Å². The molecule has 0 saturated heterocycles. The zero-order valence-electron chi connectivity index (χ0n) is 11.7. The van der Waals surface area contributed by atoms with Crippen molar-refractivity contribution < 1.29 is 0 Å². The van der Waals surface area contributed by atoms with Crippen molar-refractivity contribution in [3.63, 3.8) is 0 Å². The highest BCUT2D eigenvalue weighted by Crippen LogP contribution is 2.29. The van der Waals surface area contributed by atoms with Gasteiger partial charge in [-0.2, -0.15) is 5.10 Å². The minimum Gasteiger partial charge on any atom is -0.277 e. The Morgan fingerprint density at radius 1 is 1.20 bits per heavy atom. The molecule has 0 radical (unpaired) electrons. The molecule has 0 bridgehead atoms. The maximum atomic E-state index is 4.45. The SMILES string of the molecule is CC=C(CC)c1ccc2[nH]nc(-c3ccncc3)c2c1. The van der Waals surface area contributed by atoms with Crippen LogP contribution in [-0.2, 0) is 0 Å². The summed E-state index contributed by atoms with van der Waals surface area (Å²) in [6.45, 7) is 4.26. The second kappa shape index (κ2) is 5.29. The van der Waals surface area contributed by atoms with Gasteiger partial charge in [0.2, 0.25) is 0 Å². The van der Waals surface area contributed by atoms with E-state index in [4.69, 9.17) is 0 Å². The van der Waals surface area contributed by atoms with E-state index in [9.17, 15) is 0 Å². The number of aromatic amines is 1. The highest BCUT2D eigenvalue weighted by Gasteiger charge is 2.09. The summed E-state index contributed by atoms with van der Waals surface area (Å²) in [5, 5.41) is 8.70. The van der Waals surface area contributed by atoms with Crippen molar-refractivity contribution >= 4 is 16.5 Å². The molecule has 0 aliphatic heterocycles. The molecule has 1 N–H and O–H groups in total. The summed E-state index contributed by atoms with van der Waals surface area (Å²) in [6, 6.07) is 10.4. The Labute approximate surface area is 118 Å². The Balaban J connectivity index is 2.18. The maximum Gasteiger partial charge on any atom is 0.100 e. The van der Waals surface area contributed by atoms with Gasteiger partial charge in [0.25, 0.3) is 0 Å². The van der Waals surface area contributed by atoms with Gasteiger partial charge in [0.05, 0.1) is 5.52 Å². The molecule has 1 aromatic carbocycles. The lowest BCUT2D eigenvalue weighted by atomic mass is 10.00. The molecule has 3 rings (SSSR count). The van der Waals surface area contributed by atoms with E-state index in [1.807, 2.05) is 12.1 Å². The number of fused-ring (bicyclic) bond motifs is 1. The van der Waals surface area contributed by atoms with Crippen molar-refractivity contribution in [1.29, 1.82) is 0 Å². The first-order valence-electron chi connectivity index (χ1n) is 6.87. The molecule has 3 nitrogen and oxygen atoms in total. The van der Waals surface area contributed by atoms with Crippen LogP contribution >= 0.6 is 0 Å².